The van der Waals surface area contributed by atoms with E-state index in [9.17, 15) is 0 Å². The van der Waals surface area contributed by atoms with Crippen molar-refractivity contribution in [2.24, 2.45) is 5.92 Å². The highest BCUT2D eigenvalue weighted by Gasteiger charge is 1.95. The molecular weight excluding hydrogens is 140 g/mol. The average Bonchev–Trinajstić information content (AvgIpc) is 1.97. The van der Waals surface area contributed by atoms with Crippen LogP contribution in [0.5, 0.6) is 0 Å². The molecule has 0 aliphatic heterocycles. The van der Waals surface area contributed by atoms with Gasteiger partial charge < -0.3 is 10.2 Å². The predicted molar refractivity (Wildman–Crippen MR) is 46.3 cm³/mol. The van der Waals surface area contributed by atoms with E-state index in [1.165, 1.54) is 0 Å². The van der Waals surface area contributed by atoms with Crippen molar-refractivity contribution in [1.29, 1.82) is 0 Å². The Morgan fingerprint density at radius 2 is 2.00 bits per heavy atom. The first-order valence-electron chi connectivity index (χ1n) is 4.10. The molecule has 0 aliphatic rings. The minimum absolute atomic E-state index is 0.0767. The van der Waals surface area contributed by atoms with Crippen LogP contribution in [0.2, 0.25) is 0 Å². The average molecular weight is 158 g/mol. The summed E-state index contributed by atoms with van der Waals surface area (Å²) in [7, 11) is 0. The van der Waals surface area contributed by atoms with Crippen LogP contribution in [0.1, 0.15) is 26.7 Å². The Bertz CT molecular complexity index is 117. The van der Waals surface area contributed by atoms with E-state index >= 15 is 0 Å². The van der Waals surface area contributed by atoms with Gasteiger partial charge in [0.1, 0.15) is 0 Å². The lowest BCUT2D eigenvalue weighted by molar-refractivity contribution is 0.278. The number of rotatable bonds is 5. The molecule has 0 amide bonds. The highest BCUT2D eigenvalue weighted by molar-refractivity contribution is 5.02. The predicted octanol–water partition coefficient (Wildman–Crippen LogP) is 1.33. The van der Waals surface area contributed by atoms with Crippen LogP contribution in [0, 0.1) is 5.92 Å². The molecule has 0 saturated carbocycles. The maximum Gasteiger partial charge on any atom is 0.0642 e. The van der Waals surface area contributed by atoms with Crippen molar-refractivity contribution >= 4 is 0 Å². The largest absolute Gasteiger partial charge is 0.396 e. The van der Waals surface area contributed by atoms with Crippen LogP contribution in [0.25, 0.3) is 0 Å². The fourth-order valence-corrected chi connectivity index (χ4v) is 0.792. The quantitative estimate of drug-likeness (QED) is 0.593. The van der Waals surface area contributed by atoms with Crippen molar-refractivity contribution in [3.8, 4) is 0 Å². The fraction of sp³-hybridized carbons (Fsp3) is 0.778. The second-order valence-electron chi connectivity index (χ2n) is 3.12. The van der Waals surface area contributed by atoms with E-state index < -0.39 is 0 Å². The Labute approximate surface area is 68.6 Å². The zero-order valence-corrected chi connectivity index (χ0v) is 7.38. The third-order valence-corrected chi connectivity index (χ3v) is 1.51. The van der Waals surface area contributed by atoms with Crippen LogP contribution < -0.4 is 0 Å². The molecule has 0 rings (SSSR count). The Hall–Kier alpha value is -0.340. The molecule has 0 aliphatic carbocycles. The van der Waals surface area contributed by atoms with Crippen molar-refractivity contribution in [3.63, 3.8) is 0 Å². The van der Waals surface area contributed by atoms with E-state index in [0.717, 1.165) is 12.0 Å². The van der Waals surface area contributed by atoms with Gasteiger partial charge in [-0.2, -0.15) is 0 Å². The Kier molecular flexibility index (Phi) is 6.18. The first-order chi connectivity index (χ1) is 5.20. The normalized spacial score (nSPS) is 12.6. The van der Waals surface area contributed by atoms with Gasteiger partial charge in [0.05, 0.1) is 6.61 Å². The van der Waals surface area contributed by atoms with E-state index in [0.29, 0.717) is 12.3 Å². The SMILES string of the molecule is CC(C)C/C=C(\CO)CCO. The molecule has 11 heavy (non-hydrogen) atoms. The molecule has 0 bridgehead atoms. The molecule has 0 fully saturated rings. The zero-order valence-electron chi connectivity index (χ0n) is 7.38. The van der Waals surface area contributed by atoms with E-state index in [1.54, 1.807) is 0 Å². The molecule has 0 unspecified atom stereocenters. The van der Waals surface area contributed by atoms with E-state index in [4.69, 9.17) is 10.2 Å². The van der Waals surface area contributed by atoms with Gasteiger partial charge in [-0.05, 0) is 24.3 Å². The molecular formula is C9H18O2. The van der Waals surface area contributed by atoms with Gasteiger partial charge in [0.2, 0.25) is 0 Å². The van der Waals surface area contributed by atoms with Crippen LogP contribution in [0.15, 0.2) is 11.6 Å². The number of allylic oxidation sites excluding steroid dienone is 1. The number of aliphatic hydroxyl groups is 2. The molecule has 0 aromatic heterocycles. The summed E-state index contributed by atoms with van der Waals surface area (Å²) in [5.74, 6) is 0.621. The second-order valence-corrected chi connectivity index (χ2v) is 3.12. The summed E-state index contributed by atoms with van der Waals surface area (Å²) >= 11 is 0. The lowest BCUT2D eigenvalue weighted by Gasteiger charge is -2.03. The van der Waals surface area contributed by atoms with Gasteiger partial charge in [-0.25, -0.2) is 0 Å². The van der Waals surface area contributed by atoms with Crippen LogP contribution >= 0.6 is 0 Å². The van der Waals surface area contributed by atoms with Gasteiger partial charge in [-0.15, -0.1) is 0 Å². The van der Waals surface area contributed by atoms with Crippen LogP contribution in [0.4, 0.5) is 0 Å². The van der Waals surface area contributed by atoms with Gasteiger partial charge in [0.25, 0.3) is 0 Å². The van der Waals surface area contributed by atoms with Crippen LogP contribution in [-0.2, 0) is 0 Å². The third kappa shape index (κ3) is 6.07. The number of hydrogen-bond acceptors (Lipinski definition) is 2. The highest BCUT2D eigenvalue weighted by Crippen LogP contribution is 2.06. The summed E-state index contributed by atoms with van der Waals surface area (Å²) in [5.41, 5.74) is 0.946. The molecule has 0 spiro atoms. The van der Waals surface area contributed by atoms with Crippen molar-refractivity contribution in [1.82, 2.24) is 0 Å². The molecule has 0 heterocycles. The first kappa shape index (κ1) is 10.7. The summed E-state index contributed by atoms with van der Waals surface area (Å²) < 4.78 is 0. The second kappa shape index (κ2) is 6.38. The third-order valence-electron chi connectivity index (χ3n) is 1.51. The smallest absolute Gasteiger partial charge is 0.0642 e. The maximum atomic E-state index is 8.79. The molecule has 0 saturated heterocycles. The van der Waals surface area contributed by atoms with Crippen LogP contribution in [0.3, 0.4) is 0 Å². The molecule has 0 radical (unpaired) electrons. The van der Waals surface area contributed by atoms with Gasteiger partial charge in [-0.1, -0.05) is 19.9 Å². The van der Waals surface area contributed by atoms with Crippen LogP contribution in [-0.4, -0.2) is 23.4 Å². The van der Waals surface area contributed by atoms with Crippen molar-refractivity contribution < 1.29 is 10.2 Å². The lowest BCUT2D eigenvalue weighted by Crippen LogP contribution is -1.95. The number of aliphatic hydroxyl groups excluding tert-OH is 2. The monoisotopic (exact) mass is 158 g/mol. The summed E-state index contributed by atoms with van der Waals surface area (Å²) in [5, 5.41) is 17.4. The van der Waals surface area contributed by atoms with E-state index in [1.807, 2.05) is 6.08 Å². The van der Waals surface area contributed by atoms with Gasteiger partial charge in [0, 0.05) is 6.61 Å². The Balaban J connectivity index is 3.70. The minimum Gasteiger partial charge on any atom is -0.396 e. The topological polar surface area (TPSA) is 40.5 Å². The molecule has 0 aromatic rings. The lowest BCUT2D eigenvalue weighted by atomic mass is 10.1. The van der Waals surface area contributed by atoms with E-state index in [2.05, 4.69) is 13.8 Å². The molecule has 2 N–H and O–H groups in total. The molecule has 0 atom stereocenters. The fourth-order valence-electron chi connectivity index (χ4n) is 0.792. The first-order valence-corrected chi connectivity index (χ1v) is 4.10. The standard InChI is InChI=1S/C9H18O2/c1-8(2)3-4-9(7-11)5-6-10/h4,8,10-11H,3,5-7H2,1-2H3/b9-4-. The molecule has 2 nitrogen and oxygen atoms in total. The summed E-state index contributed by atoms with van der Waals surface area (Å²) in [6.07, 6.45) is 3.60. The zero-order chi connectivity index (χ0) is 8.69. The minimum atomic E-state index is 0.0767. The maximum absolute atomic E-state index is 8.79. The van der Waals surface area contributed by atoms with Crippen molar-refractivity contribution in [3.05, 3.63) is 11.6 Å². The molecule has 2 heteroatoms. The van der Waals surface area contributed by atoms with Gasteiger partial charge in [-0.3, -0.25) is 0 Å². The highest BCUT2D eigenvalue weighted by atomic mass is 16.3. The summed E-state index contributed by atoms with van der Waals surface area (Å²) in [6.45, 7) is 4.46. The Morgan fingerprint density at radius 1 is 1.36 bits per heavy atom. The van der Waals surface area contributed by atoms with E-state index in [-0.39, 0.29) is 13.2 Å². The van der Waals surface area contributed by atoms with Gasteiger partial charge >= 0.3 is 0 Å². The number of hydrogen-bond donors (Lipinski definition) is 2. The van der Waals surface area contributed by atoms with Crippen molar-refractivity contribution in [2.75, 3.05) is 13.2 Å². The molecule has 66 valence electrons. The van der Waals surface area contributed by atoms with Gasteiger partial charge in [0.15, 0.2) is 0 Å². The summed E-state index contributed by atoms with van der Waals surface area (Å²) in [4.78, 5) is 0. The Morgan fingerprint density at radius 3 is 2.36 bits per heavy atom. The summed E-state index contributed by atoms with van der Waals surface area (Å²) in [6, 6.07) is 0. The molecule has 0 aromatic carbocycles. The van der Waals surface area contributed by atoms with Crippen molar-refractivity contribution in [2.45, 2.75) is 26.7 Å².